The summed E-state index contributed by atoms with van der Waals surface area (Å²) in [6.07, 6.45) is 1.69. The Balaban J connectivity index is 1.72. The lowest BCUT2D eigenvalue weighted by Gasteiger charge is -2.38. The number of hydrogen-bond donors (Lipinski definition) is 1. The summed E-state index contributed by atoms with van der Waals surface area (Å²) in [5, 5.41) is 7.77. The van der Waals surface area contributed by atoms with Crippen molar-refractivity contribution in [1.29, 1.82) is 0 Å². The smallest absolute Gasteiger partial charge is 0.274 e. The van der Waals surface area contributed by atoms with E-state index in [1.54, 1.807) is 29.0 Å². The third kappa shape index (κ3) is 3.29. The number of aromatic nitrogens is 3. The summed E-state index contributed by atoms with van der Waals surface area (Å²) in [7, 11) is 3.49. The average molecular weight is 363 g/mol. The maximum Gasteiger partial charge on any atom is 0.274 e. The highest BCUT2D eigenvalue weighted by atomic mass is 16.5. The lowest BCUT2D eigenvalue weighted by atomic mass is 10.1. The van der Waals surface area contributed by atoms with Crippen molar-refractivity contribution in [2.75, 3.05) is 27.2 Å². The number of methoxy groups -OCH3 is 1. The SMILES string of the molecule is CNC1CN(C(=O)c2cc(-c3ccccc3)n(-c3ccc(OC)nc3)n2)C1. The first-order valence-corrected chi connectivity index (χ1v) is 8.82. The van der Waals surface area contributed by atoms with Crippen LogP contribution in [-0.4, -0.2) is 58.9 Å². The second-order valence-electron chi connectivity index (χ2n) is 6.45. The Morgan fingerprint density at radius 1 is 1.19 bits per heavy atom. The normalized spacial score (nSPS) is 14.1. The molecule has 1 amide bonds. The molecule has 0 unspecified atom stereocenters. The molecule has 0 atom stereocenters. The van der Waals surface area contributed by atoms with E-state index >= 15 is 0 Å². The third-order valence-corrected chi connectivity index (χ3v) is 4.75. The van der Waals surface area contributed by atoms with E-state index < -0.39 is 0 Å². The van der Waals surface area contributed by atoms with Gasteiger partial charge in [0.05, 0.1) is 24.7 Å². The number of likely N-dealkylation sites (tertiary alicyclic amines) is 1. The lowest BCUT2D eigenvalue weighted by molar-refractivity contribution is 0.0570. The largest absolute Gasteiger partial charge is 0.481 e. The van der Waals surface area contributed by atoms with Gasteiger partial charge in [-0.05, 0) is 19.2 Å². The zero-order valence-corrected chi connectivity index (χ0v) is 15.3. The quantitative estimate of drug-likeness (QED) is 0.751. The summed E-state index contributed by atoms with van der Waals surface area (Å²) in [5.74, 6) is 0.473. The van der Waals surface area contributed by atoms with Crippen molar-refractivity contribution < 1.29 is 9.53 Å². The van der Waals surface area contributed by atoms with Gasteiger partial charge in [0.1, 0.15) is 0 Å². The van der Waals surface area contributed by atoms with E-state index in [0.29, 0.717) is 30.7 Å². The average Bonchev–Trinajstić information content (AvgIpc) is 3.13. The number of pyridine rings is 1. The fourth-order valence-corrected chi connectivity index (χ4v) is 3.10. The van der Waals surface area contributed by atoms with Gasteiger partial charge < -0.3 is 15.0 Å². The van der Waals surface area contributed by atoms with Gasteiger partial charge in [-0.15, -0.1) is 0 Å². The number of likely N-dealkylation sites (N-methyl/N-ethyl adjacent to an activating group) is 1. The first-order chi connectivity index (χ1) is 13.2. The van der Waals surface area contributed by atoms with Crippen LogP contribution in [0.4, 0.5) is 0 Å². The lowest BCUT2D eigenvalue weighted by Crippen LogP contribution is -2.59. The number of ether oxygens (including phenoxy) is 1. The Bertz CT molecular complexity index is 931. The number of nitrogens with zero attached hydrogens (tertiary/aromatic N) is 4. The summed E-state index contributed by atoms with van der Waals surface area (Å²) >= 11 is 0. The number of carbonyl (C=O) groups excluding carboxylic acids is 1. The highest BCUT2D eigenvalue weighted by Gasteiger charge is 2.31. The minimum atomic E-state index is -0.0566. The van der Waals surface area contributed by atoms with Crippen molar-refractivity contribution in [1.82, 2.24) is 25.0 Å². The second-order valence-corrected chi connectivity index (χ2v) is 6.45. The number of hydrogen-bond acceptors (Lipinski definition) is 5. The monoisotopic (exact) mass is 363 g/mol. The first-order valence-electron chi connectivity index (χ1n) is 8.82. The van der Waals surface area contributed by atoms with Crippen molar-refractivity contribution >= 4 is 5.91 Å². The highest BCUT2D eigenvalue weighted by molar-refractivity contribution is 5.94. The van der Waals surface area contributed by atoms with Crippen LogP contribution in [0, 0.1) is 0 Å². The molecule has 3 aromatic rings. The molecule has 27 heavy (non-hydrogen) atoms. The standard InChI is InChI=1S/C20H21N5O2/c1-21-15-12-24(13-15)20(26)17-10-18(14-6-4-3-5-7-14)25(23-17)16-8-9-19(27-2)22-11-16/h3-11,15,21H,12-13H2,1-2H3. The number of rotatable bonds is 5. The maximum atomic E-state index is 12.8. The van der Waals surface area contributed by atoms with Crippen LogP contribution in [0.5, 0.6) is 5.88 Å². The fraction of sp³-hybridized carbons (Fsp3) is 0.250. The molecule has 1 aliphatic rings. The second kappa shape index (κ2) is 7.20. The Labute approximate surface area is 157 Å². The number of benzene rings is 1. The first kappa shape index (κ1) is 17.2. The number of carbonyl (C=O) groups is 1. The van der Waals surface area contributed by atoms with E-state index in [4.69, 9.17) is 4.74 Å². The van der Waals surface area contributed by atoms with Crippen LogP contribution >= 0.6 is 0 Å². The van der Waals surface area contributed by atoms with Crippen LogP contribution in [0.2, 0.25) is 0 Å². The molecule has 0 bridgehead atoms. The van der Waals surface area contributed by atoms with Crippen molar-refractivity contribution in [2.45, 2.75) is 6.04 Å². The molecule has 2 aromatic heterocycles. The molecule has 7 nitrogen and oxygen atoms in total. The molecule has 1 aliphatic heterocycles. The van der Waals surface area contributed by atoms with Crippen LogP contribution in [0.1, 0.15) is 10.5 Å². The van der Waals surface area contributed by atoms with Gasteiger partial charge in [0.15, 0.2) is 5.69 Å². The van der Waals surface area contributed by atoms with Gasteiger partial charge >= 0.3 is 0 Å². The van der Waals surface area contributed by atoms with E-state index in [1.165, 1.54) is 0 Å². The van der Waals surface area contributed by atoms with Crippen molar-refractivity contribution in [3.63, 3.8) is 0 Å². The van der Waals surface area contributed by atoms with Gasteiger partial charge in [-0.2, -0.15) is 5.10 Å². The zero-order chi connectivity index (χ0) is 18.8. The van der Waals surface area contributed by atoms with E-state index in [-0.39, 0.29) is 5.91 Å². The van der Waals surface area contributed by atoms with E-state index in [1.807, 2.05) is 49.5 Å². The molecular formula is C20H21N5O2. The Hall–Kier alpha value is -3.19. The number of nitrogens with one attached hydrogen (secondary N) is 1. The van der Waals surface area contributed by atoms with E-state index in [0.717, 1.165) is 16.9 Å². The van der Waals surface area contributed by atoms with Crippen LogP contribution in [0.3, 0.4) is 0 Å². The Kier molecular flexibility index (Phi) is 4.60. The van der Waals surface area contributed by atoms with Crippen molar-refractivity contribution in [2.24, 2.45) is 0 Å². The van der Waals surface area contributed by atoms with Crippen LogP contribution < -0.4 is 10.1 Å². The maximum absolute atomic E-state index is 12.8. The molecule has 1 N–H and O–H groups in total. The fourth-order valence-electron chi connectivity index (χ4n) is 3.10. The number of amides is 1. The highest BCUT2D eigenvalue weighted by Crippen LogP contribution is 2.25. The minimum Gasteiger partial charge on any atom is -0.481 e. The zero-order valence-electron chi connectivity index (χ0n) is 15.3. The predicted molar refractivity (Wildman–Crippen MR) is 102 cm³/mol. The van der Waals surface area contributed by atoms with Gasteiger partial charge in [0.25, 0.3) is 5.91 Å². The van der Waals surface area contributed by atoms with E-state index in [2.05, 4.69) is 15.4 Å². The van der Waals surface area contributed by atoms with Gasteiger partial charge in [-0.1, -0.05) is 30.3 Å². The van der Waals surface area contributed by atoms with Crippen molar-refractivity contribution in [3.05, 3.63) is 60.4 Å². The van der Waals surface area contributed by atoms with Crippen LogP contribution in [0.15, 0.2) is 54.7 Å². The Morgan fingerprint density at radius 2 is 1.96 bits per heavy atom. The molecule has 0 saturated carbocycles. The summed E-state index contributed by atoms with van der Waals surface area (Å²) in [6.45, 7) is 1.40. The molecule has 0 aliphatic carbocycles. The molecule has 138 valence electrons. The molecular weight excluding hydrogens is 342 g/mol. The van der Waals surface area contributed by atoms with Crippen LogP contribution in [-0.2, 0) is 0 Å². The summed E-state index contributed by atoms with van der Waals surface area (Å²) in [6, 6.07) is 15.7. The summed E-state index contributed by atoms with van der Waals surface area (Å²) in [5.41, 5.74) is 3.03. The Morgan fingerprint density at radius 3 is 2.59 bits per heavy atom. The molecule has 1 saturated heterocycles. The molecule has 3 heterocycles. The third-order valence-electron chi connectivity index (χ3n) is 4.75. The van der Waals surface area contributed by atoms with E-state index in [9.17, 15) is 4.79 Å². The molecule has 0 radical (unpaired) electrons. The topological polar surface area (TPSA) is 72.3 Å². The molecule has 1 fully saturated rings. The predicted octanol–water partition coefficient (Wildman–Crippen LogP) is 1.99. The molecule has 1 aromatic carbocycles. The molecule has 7 heteroatoms. The van der Waals surface area contributed by atoms with Crippen molar-refractivity contribution in [3.8, 4) is 22.8 Å². The van der Waals surface area contributed by atoms with Gasteiger partial charge in [-0.25, -0.2) is 9.67 Å². The van der Waals surface area contributed by atoms with Gasteiger partial charge in [0, 0.05) is 30.8 Å². The summed E-state index contributed by atoms with van der Waals surface area (Å²) in [4.78, 5) is 18.9. The van der Waals surface area contributed by atoms with Gasteiger partial charge in [0.2, 0.25) is 5.88 Å². The van der Waals surface area contributed by atoms with Gasteiger partial charge in [-0.3, -0.25) is 4.79 Å². The summed E-state index contributed by atoms with van der Waals surface area (Å²) < 4.78 is 6.88. The minimum absolute atomic E-state index is 0.0566. The molecule has 4 rings (SSSR count). The molecule has 0 spiro atoms. The van der Waals surface area contributed by atoms with Crippen LogP contribution in [0.25, 0.3) is 16.9 Å².